The van der Waals surface area contributed by atoms with Crippen molar-refractivity contribution in [3.8, 4) is 5.75 Å². The summed E-state index contributed by atoms with van der Waals surface area (Å²) < 4.78 is 5.16. The number of pyridine rings is 1. The number of carbonyl (C=O) groups excluding carboxylic acids is 1. The van der Waals surface area contributed by atoms with Crippen LogP contribution in [0, 0.1) is 6.92 Å². The van der Waals surface area contributed by atoms with E-state index in [2.05, 4.69) is 54.6 Å². The molecule has 2 aromatic carbocycles. The van der Waals surface area contributed by atoms with E-state index in [0.717, 1.165) is 11.5 Å². The molecule has 5 heteroatoms. The number of para-hydroxylation sites is 1. The van der Waals surface area contributed by atoms with E-state index in [1.54, 1.807) is 37.6 Å². The fraction of sp³-hybridized carbons (Fsp3) is 0.217. The molecule has 0 saturated heterocycles. The van der Waals surface area contributed by atoms with Gasteiger partial charge in [-0.05, 0) is 54.3 Å². The Hall–Kier alpha value is -3.34. The van der Waals surface area contributed by atoms with Crippen LogP contribution in [-0.4, -0.2) is 18.0 Å². The quantitative estimate of drug-likeness (QED) is 0.596. The maximum Gasteiger partial charge on any atom is 0.255 e. The molecule has 0 spiro atoms. The molecule has 2 N–H and O–H groups in total. The fourth-order valence-electron chi connectivity index (χ4n) is 2.98. The number of carbonyl (C=O) groups is 1. The molecule has 0 unspecified atom stereocenters. The predicted octanol–water partition coefficient (Wildman–Crippen LogP) is 5.52. The van der Waals surface area contributed by atoms with Crippen LogP contribution in [0.5, 0.6) is 5.75 Å². The first-order valence-corrected chi connectivity index (χ1v) is 9.26. The van der Waals surface area contributed by atoms with Crippen molar-refractivity contribution in [2.24, 2.45) is 0 Å². The Balaban J connectivity index is 1.73. The summed E-state index contributed by atoms with van der Waals surface area (Å²) in [6.45, 7) is 6.42. The molecule has 0 fully saturated rings. The number of nitrogens with one attached hydrogen (secondary N) is 2. The van der Waals surface area contributed by atoms with Crippen LogP contribution < -0.4 is 15.4 Å². The summed E-state index contributed by atoms with van der Waals surface area (Å²) in [6, 6.07) is 17.0. The molecule has 1 amide bonds. The Morgan fingerprint density at radius 1 is 1.07 bits per heavy atom. The van der Waals surface area contributed by atoms with Crippen molar-refractivity contribution in [2.75, 3.05) is 17.7 Å². The summed E-state index contributed by atoms with van der Waals surface area (Å²) >= 11 is 0. The molecule has 0 radical (unpaired) electrons. The largest absolute Gasteiger partial charge is 0.497 e. The van der Waals surface area contributed by atoms with Crippen molar-refractivity contribution < 1.29 is 9.53 Å². The van der Waals surface area contributed by atoms with Crippen molar-refractivity contribution in [3.05, 3.63) is 77.5 Å². The maximum absolute atomic E-state index is 12.4. The molecule has 3 aromatic rings. The van der Waals surface area contributed by atoms with E-state index in [0.29, 0.717) is 22.9 Å². The van der Waals surface area contributed by atoms with Gasteiger partial charge in [-0.25, -0.2) is 4.98 Å². The number of rotatable bonds is 6. The number of anilines is 3. The molecule has 0 bridgehead atoms. The third-order valence-corrected chi connectivity index (χ3v) is 4.53. The molecule has 0 aliphatic carbocycles. The second-order valence-electron chi connectivity index (χ2n) is 6.94. The van der Waals surface area contributed by atoms with Gasteiger partial charge in [0.15, 0.2) is 0 Å². The zero-order valence-corrected chi connectivity index (χ0v) is 16.6. The van der Waals surface area contributed by atoms with Crippen LogP contribution in [0.4, 0.5) is 17.2 Å². The first-order valence-electron chi connectivity index (χ1n) is 9.26. The van der Waals surface area contributed by atoms with Gasteiger partial charge < -0.3 is 15.4 Å². The maximum atomic E-state index is 12.4. The molecule has 1 heterocycles. The smallest absolute Gasteiger partial charge is 0.255 e. The van der Waals surface area contributed by atoms with Crippen LogP contribution in [0.2, 0.25) is 0 Å². The van der Waals surface area contributed by atoms with Gasteiger partial charge >= 0.3 is 0 Å². The highest BCUT2D eigenvalue weighted by atomic mass is 16.5. The molecule has 5 nitrogen and oxygen atoms in total. The van der Waals surface area contributed by atoms with Crippen LogP contribution in [0.15, 0.2) is 60.8 Å². The van der Waals surface area contributed by atoms with Crippen molar-refractivity contribution in [2.45, 2.75) is 26.7 Å². The molecule has 3 rings (SSSR count). The molecular formula is C23H25N3O2. The van der Waals surface area contributed by atoms with E-state index >= 15 is 0 Å². The molecule has 28 heavy (non-hydrogen) atoms. The number of nitrogens with zero attached hydrogens (tertiary/aromatic N) is 1. The van der Waals surface area contributed by atoms with Crippen LogP contribution in [0.25, 0.3) is 0 Å². The lowest BCUT2D eigenvalue weighted by Crippen LogP contribution is -2.12. The molecule has 0 atom stereocenters. The number of hydrogen-bond acceptors (Lipinski definition) is 4. The van der Waals surface area contributed by atoms with E-state index in [9.17, 15) is 4.79 Å². The van der Waals surface area contributed by atoms with E-state index in [4.69, 9.17) is 4.74 Å². The third-order valence-electron chi connectivity index (χ3n) is 4.53. The summed E-state index contributed by atoms with van der Waals surface area (Å²) in [5, 5.41) is 6.27. The SMILES string of the molecule is COc1cccc(C(=O)Nc2ccc(Nc3c(C)cccc3C(C)C)nc2)c1. The van der Waals surface area contributed by atoms with Gasteiger partial charge in [0.05, 0.1) is 19.0 Å². The second-order valence-corrected chi connectivity index (χ2v) is 6.94. The first-order chi connectivity index (χ1) is 13.5. The van der Waals surface area contributed by atoms with Gasteiger partial charge in [-0.2, -0.15) is 0 Å². The summed E-state index contributed by atoms with van der Waals surface area (Å²) in [5.74, 6) is 1.58. The predicted molar refractivity (Wildman–Crippen MR) is 114 cm³/mol. The summed E-state index contributed by atoms with van der Waals surface area (Å²) in [7, 11) is 1.58. The van der Waals surface area contributed by atoms with Crippen LogP contribution in [0.3, 0.4) is 0 Å². The number of amides is 1. The van der Waals surface area contributed by atoms with Crippen molar-refractivity contribution >= 4 is 23.1 Å². The number of aryl methyl sites for hydroxylation is 1. The fourth-order valence-corrected chi connectivity index (χ4v) is 2.98. The highest BCUT2D eigenvalue weighted by Gasteiger charge is 2.11. The van der Waals surface area contributed by atoms with E-state index < -0.39 is 0 Å². The topological polar surface area (TPSA) is 63.2 Å². The Bertz CT molecular complexity index is 966. The molecule has 144 valence electrons. The zero-order chi connectivity index (χ0) is 20.1. The van der Waals surface area contributed by atoms with Crippen LogP contribution in [0.1, 0.15) is 41.3 Å². The highest BCUT2D eigenvalue weighted by Crippen LogP contribution is 2.29. The standard InChI is InChI=1S/C23H25N3O2/c1-15(2)20-10-5-7-16(3)22(20)26-21-12-11-18(14-24-21)25-23(27)17-8-6-9-19(13-17)28-4/h5-15H,1-4H3,(H,24,26)(H,25,27). The lowest BCUT2D eigenvalue weighted by atomic mass is 9.98. The number of benzene rings is 2. The number of methoxy groups -OCH3 is 1. The highest BCUT2D eigenvalue weighted by molar-refractivity contribution is 6.04. The number of hydrogen-bond donors (Lipinski definition) is 2. The molecular weight excluding hydrogens is 350 g/mol. The van der Waals surface area contributed by atoms with Crippen molar-refractivity contribution in [1.29, 1.82) is 0 Å². The monoisotopic (exact) mass is 375 g/mol. The van der Waals surface area contributed by atoms with E-state index in [-0.39, 0.29) is 5.91 Å². The average molecular weight is 375 g/mol. The van der Waals surface area contributed by atoms with Crippen molar-refractivity contribution in [3.63, 3.8) is 0 Å². The zero-order valence-electron chi connectivity index (χ0n) is 16.6. The van der Waals surface area contributed by atoms with Crippen molar-refractivity contribution in [1.82, 2.24) is 4.98 Å². The van der Waals surface area contributed by atoms with E-state index in [1.165, 1.54) is 11.1 Å². The van der Waals surface area contributed by atoms with Gasteiger partial charge in [-0.15, -0.1) is 0 Å². The Kier molecular flexibility index (Phi) is 5.94. The summed E-state index contributed by atoms with van der Waals surface area (Å²) in [4.78, 5) is 16.9. The third kappa shape index (κ3) is 4.49. The Labute approximate surface area is 165 Å². The minimum Gasteiger partial charge on any atom is -0.497 e. The van der Waals surface area contributed by atoms with Crippen LogP contribution >= 0.6 is 0 Å². The van der Waals surface area contributed by atoms with Gasteiger partial charge in [-0.3, -0.25) is 4.79 Å². The molecule has 0 saturated carbocycles. The Morgan fingerprint density at radius 2 is 1.86 bits per heavy atom. The van der Waals surface area contributed by atoms with Gasteiger partial charge in [-0.1, -0.05) is 38.1 Å². The lowest BCUT2D eigenvalue weighted by Gasteiger charge is -2.17. The average Bonchev–Trinajstić information content (AvgIpc) is 2.70. The minimum atomic E-state index is -0.206. The minimum absolute atomic E-state index is 0.206. The molecule has 0 aliphatic rings. The number of ether oxygens (including phenoxy) is 1. The van der Waals surface area contributed by atoms with Gasteiger partial charge in [0.2, 0.25) is 0 Å². The second kappa shape index (κ2) is 8.57. The summed E-state index contributed by atoms with van der Waals surface area (Å²) in [5.41, 5.74) is 4.66. The van der Waals surface area contributed by atoms with E-state index in [1.807, 2.05) is 12.1 Å². The number of aromatic nitrogens is 1. The molecule has 1 aromatic heterocycles. The van der Waals surface area contributed by atoms with Gasteiger partial charge in [0.25, 0.3) is 5.91 Å². The normalized spacial score (nSPS) is 10.6. The first kappa shape index (κ1) is 19.4. The van der Waals surface area contributed by atoms with Gasteiger partial charge in [0.1, 0.15) is 11.6 Å². The lowest BCUT2D eigenvalue weighted by molar-refractivity contribution is 0.102. The molecule has 0 aliphatic heterocycles. The Morgan fingerprint density at radius 3 is 2.54 bits per heavy atom. The van der Waals surface area contributed by atoms with Gasteiger partial charge in [0, 0.05) is 11.3 Å². The van der Waals surface area contributed by atoms with Crippen LogP contribution in [-0.2, 0) is 0 Å². The summed E-state index contributed by atoms with van der Waals surface area (Å²) in [6.07, 6.45) is 1.65.